The Morgan fingerprint density at radius 3 is 1.32 bits per heavy atom. The van der Waals surface area contributed by atoms with E-state index < -0.39 is 10.2 Å². The van der Waals surface area contributed by atoms with Gasteiger partial charge in [0.2, 0.25) is 0 Å². The first-order valence-corrected chi connectivity index (χ1v) is 13.6. The van der Waals surface area contributed by atoms with Crippen molar-refractivity contribution in [2.24, 2.45) is 7.05 Å². The van der Waals surface area contributed by atoms with Gasteiger partial charge in [-0.05, 0) is 52.4 Å². The summed E-state index contributed by atoms with van der Waals surface area (Å²) in [5, 5.41) is 1.29. The summed E-state index contributed by atoms with van der Waals surface area (Å²) in [6.45, 7) is 4.42. The van der Waals surface area contributed by atoms with E-state index >= 15 is 0 Å². The average Bonchev–Trinajstić information content (AvgIpc) is 3.15. The molecule has 0 atom stereocenters. The highest BCUT2D eigenvalue weighted by atomic mass is 35.7. The number of aromatic nitrogens is 1. The standard InChI is InChI=1S/C30H26NS.ClHO4/c1-21-22(2)32-30(31(21)3)29-27(24-15-9-5-10-16-24)19-26(23-13-7-4-8-14-23)20-28(29)25-17-11-6-12-18-25;2-1(3,4)5/h4-20H,1-3H3;(H,2,3,4,5)/q+1;/p-1. The molecule has 7 heteroatoms. The van der Waals surface area contributed by atoms with Crippen molar-refractivity contribution < 1.29 is 33.4 Å². The summed E-state index contributed by atoms with van der Waals surface area (Å²) in [7, 11) is -2.76. The molecule has 0 amide bonds. The molecule has 0 bridgehead atoms. The largest absolute Gasteiger partial charge is 0.270 e. The van der Waals surface area contributed by atoms with Crippen molar-refractivity contribution >= 4 is 11.3 Å². The molecule has 5 aromatic rings. The van der Waals surface area contributed by atoms with Crippen molar-refractivity contribution in [2.75, 3.05) is 0 Å². The number of hydrogen-bond acceptors (Lipinski definition) is 5. The fourth-order valence-corrected chi connectivity index (χ4v) is 5.43. The Kier molecular flexibility index (Phi) is 8.19. The highest BCUT2D eigenvalue weighted by Gasteiger charge is 2.26. The SMILES string of the molecule is Cc1sc(-c2c(-c3ccccc3)cc(-c3ccccc3)cc2-c2ccccc2)[n+](C)c1C.[O-][Cl+3]([O-])([O-])[O-]. The second-order valence-electron chi connectivity index (χ2n) is 8.53. The number of aryl methyl sites for hydroxylation is 1. The Morgan fingerprint density at radius 2 is 0.973 bits per heavy atom. The predicted molar refractivity (Wildman–Crippen MR) is 137 cm³/mol. The van der Waals surface area contributed by atoms with Gasteiger partial charge < -0.3 is 0 Å². The molecule has 5 rings (SSSR count). The van der Waals surface area contributed by atoms with Gasteiger partial charge in [-0.2, -0.15) is 4.57 Å². The van der Waals surface area contributed by atoms with Gasteiger partial charge in [-0.3, -0.25) is 0 Å². The first kappa shape index (κ1) is 26.7. The molecule has 0 aliphatic heterocycles. The van der Waals surface area contributed by atoms with Crippen LogP contribution in [0.4, 0.5) is 0 Å². The minimum atomic E-state index is -4.94. The number of nitrogens with zero attached hydrogens (tertiary/aromatic N) is 1. The Morgan fingerprint density at radius 1 is 0.595 bits per heavy atom. The summed E-state index contributed by atoms with van der Waals surface area (Å²) in [5.74, 6) is 0. The van der Waals surface area contributed by atoms with Crippen LogP contribution in [0.3, 0.4) is 0 Å². The summed E-state index contributed by atoms with van der Waals surface area (Å²) in [6.07, 6.45) is 0. The van der Waals surface area contributed by atoms with Crippen molar-refractivity contribution in [3.8, 4) is 44.0 Å². The fraction of sp³-hybridized carbons (Fsp3) is 0.100. The van der Waals surface area contributed by atoms with Gasteiger partial charge in [0.25, 0.3) is 5.01 Å². The number of halogens is 1. The van der Waals surface area contributed by atoms with Crippen molar-refractivity contribution in [3.63, 3.8) is 0 Å². The number of rotatable bonds is 4. The number of thiazole rings is 1. The van der Waals surface area contributed by atoms with Crippen molar-refractivity contribution in [2.45, 2.75) is 13.8 Å². The summed E-state index contributed by atoms with van der Waals surface area (Å²) >= 11 is 1.88. The molecule has 0 saturated carbocycles. The zero-order valence-electron chi connectivity index (χ0n) is 20.7. The van der Waals surface area contributed by atoms with Crippen LogP contribution in [0.5, 0.6) is 0 Å². The van der Waals surface area contributed by atoms with Crippen LogP contribution in [0, 0.1) is 24.1 Å². The monoisotopic (exact) mass is 531 g/mol. The number of hydrogen-bond donors (Lipinski definition) is 0. The van der Waals surface area contributed by atoms with E-state index in [0.717, 1.165) is 0 Å². The van der Waals surface area contributed by atoms with E-state index in [-0.39, 0.29) is 0 Å². The van der Waals surface area contributed by atoms with Crippen LogP contribution in [0.1, 0.15) is 10.6 Å². The minimum absolute atomic E-state index is 1.23. The first-order valence-electron chi connectivity index (χ1n) is 11.6. The van der Waals surface area contributed by atoms with E-state index in [1.165, 1.54) is 54.5 Å². The van der Waals surface area contributed by atoms with Gasteiger partial charge in [-0.25, -0.2) is 18.6 Å². The third-order valence-corrected chi connectivity index (χ3v) is 7.47. The van der Waals surface area contributed by atoms with Gasteiger partial charge in [-0.1, -0.05) is 102 Å². The van der Waals surface area contributed by atoms with Gasteiger partial charge in [0, 0.05) is 6.92 Å². The molecule has 37 heavy (non-hydrogen) atoms. The van der Waals surface area contributed by atoms with Crippen LogP contribution in [0.15, 0.2) is 103 Å². The van der Waals surface area contributed by atoms with E-state index in [0.29, 0.717) is 0 Å². The summed E-state index contributed by atoms with van der Waals surface area (Å²) in [4.78, 5) is 1.35. The molecule has 0 aliphatic rings. The lowest BCUT2D eigenvalue weighted by molar-refractivity contribution is -2.00. The lowest BCUT2D eigenvalue weighted by Crippen LogP contribution is -2.68. The summed E-state index contributed by atoms with van der Waals surface area (Å²) < 4.78 is 36.3. The van der Waals surface area contributed by atoms with E-state index in [9.17, 15) is 0 Å². The molecule has 5 nitrogen and oxygen atoms in total. The zero-order chi connectivity index (χ0) is 26.6. The molecular formula is C30H26ClNO4S. The van der Waals surface area contributed by atoms with Crippen molar-refractivity contribution in [1.29, 1.82) is 0 Å². The third-order valence-electron chi connectivity index (χ3n) is 6.20. The average molecular weight is 532 g/mol. The first-order chi connectivity index (χ1) is 17.6. The molecule has 0 radical (unpaired) electrons. The molecular weight excluding hydrogens is 506 g/mol. The summed E-state index contributed by atoms with van der Waals surface area (Å²) in [5.41, 5.74) is 10.1. The van der Waals surface area contributed by atoms with E-state index in [1.54, 1.807) is 0 Å². The van der Waals surface area contributed by atoms with Crippen molar-refractivity contribution in [1.82, 2.24) is 0 Å². The van der Waals surface area contributed by atoms with Crippen LogP contribution in [-0.2, 0) is 7.05 Å². The molecule has 0 fully saturated rings. The minimum Gasteiger partial charge on any atom is -0.222 e. The topological polar surface area (TPSA) is 96.1 Å². The molecule has 1 heterocycles. The molecule has 0 unspecified atom stereocenters. The lowest BCUT2D eigenvalue weighted by atomic mass is 9.88. The maximum atomic E-state index is 8.49. The molecule has 4 aromatic carbocycles. The van der Waals surface area contributed by atoms with Gasteiger partial charge in [0.15, 0.2) is 5.69 Å². The third kappa shape index (κ3) is 6.50. The van der Waals surface area contributed by atoms with Crippen LogP contribution < -0.4 is 23.2 Å². The Bertz CT molecular complexity index is 1410. The molecule has 0 aliphatic carbocycles. The smallest absolute Gasteiger partial charge is 0.222 e. The van der Waals surface area contributed by atoms with Crippen LogP contribution in [0.25, 0.3) is 44.0 Å². The second kappa shape index (κ2) is 11.4. The molecule has 1 aromatic heterocycles. The predicted octanol–water partition coefficient (Wildman–Crippen LogP) is 3.10. The van der Waals surface area contributed by atoms with Crippen LogP contribution in [-0.4, -0.2) is 0 Å². The number of benzene rings is 4. The Hall–Kier alpha value is -3.36. The van der Waals surface area contributed by atoms with Gasteiger partial charge in [0.05, 0.1) is 10.4 Å². The van der Waals surface area contributed by atoms with E-state index in [1.807, 2.05) is 11.3 Å². The fourth-order valence-electron chi connectivity index (χ4n) is 4.26. The molecule has 0 saturated heterocycles. The van der Waals surface area contributed by atoms with Gasteiger partial charge in [0.1, 0.15) is 7.05 Å². The van der Waals surface area contributed by atoms with Gasteiger partial charge >= 0.3 is 0 Å². The van der Waals surface area contributed by atoms with E-state index in [4.69, 9.17) is 18.6 Å². The second-order valence-corrected chi connectivity index (χ2v) is 10.5. The quantitative estimate of drug-likeness (QED) is 0.333. The maximum absolute atomic E-state index is 8.49. The highest BCUT2D eigenvalue weighted by Crippen LogP contribution is 2.44. The van der Waals surface area contributed by atoms with Gasteiger partial charge in [-0.15, -0.1) is 10.2 Å². The maximum Gasteiger partial charge on any atom is 0.270 e. The molecule has 188 valence electrons. The zero-order valence-corrected chi connectivity index (χ0v) is 22.3. The normalized spacial score (nSPS) is 11.1. The van der Waals surface area contributed by atoms with Crippen LogP contribution in [0.2, 0.25) is 0 Å². The Labute approximate surface area is 222 Å². The summed E-state index contributed by atoms with van der Waals surface area (Å²) in [6, 6.07) is 36.9. The van der Waals surface area contributed by atoms with E-state index in [2.05, 4.69) is 129 Å². The highest BCUT2D eigenvalue weighted by molar-refractivity contribution is 7.14. The molecule has 0 N–H and O–H groups in total. The van der Waals surface area contributed by atoms with Crippen molar-refractivity contribution in [3.05, 3.63) is 114 Å². The lowest BCUT2D eigenvalue weighted by Gasteiger charge is -2.17. The molecule has 0 spiro atoms. The van der Waals surface area contributed by atoms with Crippen LogP contribution >= 0.6 is 11.3 Å². The Balaban J connectivity index is 0.000000586.